The van der Waals surface area contributed by atoms with Gasteiger partial charge in [-0.2, -0.15) is 13.2 Å². The van der Waals surface area contributed by atoms with Gasteiger partial charge in [-0.05, 0) is 26.0 Å². The van der Waals surface area contributed by atoms with Crippen molar-refractivity contribution in [2.24, 2.45) is 0 Å². The second kappa shape index (κ2) is 8.12. The van der Waals surface area contributed by atoms with E-state index in [0.29, 0.717) is 31.1 Å². The van der Waals surface area contributed by atoms with Crippen LogP contribution in [-0.4, -0.2) is 60.7 Å². The Kier molecular flexibility index (Phi) is 5.99. The Labute approximate surface area is 164 Å². The Morgan fingerprint density at radius 3 is 2.50 bits per heavy atom. The number of rotatable bonds is 5. The van der Waals surface area contributed by atoms with Crippen LogP contribution in [0.25, 0.3) is 11.5 Å². The molecule has 2 aromatic rings. The normalized spacial score (nSPS) is 16.9. The zero-order chi connectivity index (χ0) is 20.4. The minimum absolute atomic E-state index is 0.0795. The Morgan fingerprint density at radius 2 is 1.89 bits per heavy atom. The van der Waals surface area contributed by atoms with Crippen LogP contribution >= 0.6 is 0 Å². The fraction of sp³-hybridized carbons (Fsp3) is 0.500. The maximum atomic E-state index is 13.3. The zero-order valence-electron chi connectivity index (χ0n) is 15.7. The summed E-state index contributed by atoms with van der Waals surface area (Å²) in [5.74, 6) is 1.23. The molecule has 1 aliphatic rings. The van der Waals surface area contributed by atoms with Crippen LogP contribution < -0.4 is 5.32 Å². The molecule has 3 rings (SSSR count). The quantitative estimate of drug-likeness (QED) is 0.813. The highest BCUT2D eigenvalue weighted by molar-refractivity contribution is 7.85. The highest BCUT2D eigenvalue weighted by Gasteiger charge is 2.34. The molecule has 1 aliphatic heterocycles. The van der Waals surface area contributed by atoms with Gasteiger partial charge >= 0.3 is 6.18 Å². The molecule has 0 spiro atoms. The number of aromatic nitrogens is 3. The van der Waals surface area contributed by atoms with Gasteiger partial charge in [0.15, 0.2) is 11.5 Å². The molecule has 28 heavy (non-hydrogen) atoms. The number of alkyl halides is 3. The van der Waals surface area contributed by atoms with Gasteiger partial charge in [0, 0.05) is 59.7 Å². The summed E-state index contributed by atoms with van der Waals surface area (Å²) in [6.45, 7) is 5.77. The van der Waals surface area contributed by atoms with Crippen LogP contribution in [0.3, 0.4) is 0 Å². The van der Waals surface area contributed by atoms with Gasteiger partial charge in [-0.1, -0.05) is 6.07 Å². The van der Waals surface area contributed by atoms with E-state index in [1.54, 1.807) is 18.2 Å². The lowest BCUT2D eigenvalue weighted by Gasteiger charge is -2.40. The van der Waals surface area contributed by atoms with Crippen LogP contribution in [0, 0.1) is 0 Å². The Morgan fingerprint density at radius 1 is 1.18 bits per heavy atom. The van der Waals surface area contributed by atoms with Gasteiger partial charge in [0.2, 0.25) is 0 Å². The van der Waals surface area contributed by atoms with Gasteiger partial charge in [0.25, 0.3) is 0 Å². The molecule has 0 saturated carbocycles. The van der Waals surface area contributed by atoms with E-state index < -0.39 is 22.7 Å². The molecule has 0 amide bonds. The third-order valence-electron chi connectivity index (χ3n) is 4.65. The first-order valence-electron chi connectivity index (χ1n) is 8.87. The average molecular weight is 413 g/mol. The van der Waals surface area contributed by atoms with E-state index in [0.717, 1.165) is 6.07 Å². The van der Waals surface area contributed by atoms with E-state index in [1.165, 1.54) is 6.20 Å². The third-order valence-corrected chi connectivity index (χ3v) is 5.92. The fourth-order valence-corrected chi connectivity index (χ4v) is 4.01. The molecule has 2 aromatic heterocycles. The lowest BCUT2D eigenvalue weighted by Crippen LogP contribution is -2.53. The molecule has 0 radical (unpaired) electrons. The van der Waals surface area contributed by atoms with E-state index >= 15 is 0 Å². The molecular weight excluding hydrogens is 391 g/mol. The van der Waals surface area contributed by atoms with Crippen molar-refractivity contribution in [3.05, 3.63) is 36.2 Å². The highest BCUT2D eigenvalue weighted by Crippen LogP contribution is 2.30. The molecule has 1 saturated heterocycles. The van der Waals surface area contributed by atoms with Crippen molar-refractivity contribution in [1.29, 1.82) is 0 Å². The Balaban J connectivity index is 1.82. The third kappa shape index (κ3) is 5.05. The van der Waals surface area contributed by atoms with Crippen LogP contribution in [0.5, 0.6) is 0 Å². The number of hydrogen-bond donors (Lipinski definition) is 1. The molecule has 0 bridgehead atoms. The smallest absolute Gasteiger partial charge is 0.368 e. The number of pyridine rings is 1. The number of nitrogens with one attached hydrogen (secondary N) is 1. The summed E-state index contributed by atoms with van der Waals surface area (Å²) in [5.41, 5.74) is -1.08. The first-order valence-corrected chi connectivity index (χ1v) is 10.4. The second-order valence-electron chi connectivity index (χ2n) is 7.18. The van der Waals surface area contributed by atoms with Gasteiger partial charge in [-0.25, -0.2) is 9.97 Å². The van der Waals surface area contributed by atoms with Gasteiger partial charge in [0.1, 0.15) is 11.5 Å². The number of hydrogen-bond acceptors (Lipinski definition) is 6. The summed E-state index contributed by atoms with van der Waals surface area (Å²) in [7, 11) is -0.788. The molecule has 1 fully saturated rings. The molecule has 0 aliphatic carbocycles. The van der Waals surface area contributed by atoms with Gasteiger partial charge in [-0.15, -0.1) is 0 Å². The number of halogens is 3. The molecule has 0 aromatic carbocycles. The molecule has 0 atom stereocenters. The lowest BCUT2D eigenvalue weighted by molar-refractivity contribution is -0.141. The predicted molar refractivity (Wildman–Crippen MR) is 102 cm³/mol. The van der Waals surface area contributed by atoms with E-state index in [4.69, 9.17) is 0 Å². The standard InChI is InChI=1S/C18H22F3N5OS/c1-17(2,26-7-9-28(27)10-8-26)12-23-15-11-14(18(19,20)21)24-16(25-15)13-5-3-4-6-22-13/h3-6,11H,7-10,12H2,1-2H3,(H,23,24,25). The van der Waals surface area contributed by atoms with Crippen LogP contribution in [0.15, 0.2) is 30.5 Å². The molecule has 6 nitrogen and oxygen atoms in total. The van der Waals surface area contributed by atoms with Crippen LogP contribution in [0.2, 0.25) is 0 Å². The summed E-state index contributed by atoms with van der Waals surface area (Å²) < 4.78 is 51.4. The summed E-state index contributed by atoms with van der Waals surface area (Å²) >= 11 is 0. The van der Waals surface area contributed by atoms with Crippen molar-refractivity contribution in [2.45, 2.75) is 25.6 Å². The number of anilines is 1. The minimum Gasteiger partial charge on any atom is -0.368 e. The maximum Gasteiger partial charge on any atom is 0.433 e. The first kappa shape index (κ1) is 20.7. The van der Waals surface area contributed by atoms with Crippen molar-refractivity contribution in [3.8, 4) is 11.5 Å². The topological polar surface area (TPSA) is 71.0 Å². The van der Waals surface area contributed by atoms with Crippen molar-refractivity contribution >= 4 is 16.6 Å². The maximum absolute atomic E-state index is 13.3. The van der Waals surface area contributed by atoms with E-state index in [2.05, 4.69) is 25.2 Å². The minimum atomic E-state index is -4.59. The monoisotopic (exact) mass is 413 g/mol. The largest absolute Gasteiger partial charge is 0.433 e. The molecular formula is C18H22F3N5OS. The van der Waals surface area contributed by atoms with Crippen molar-refractivity contribution in [3.63, 3.8) is 0 Å². The van der Waals surface area contributed by atoms with Gasteiger partial charge < -0.3 is 5.32 Å². The lowest BCUT2D eigenvalue weighted by atomic mass is 10.0. The second-order valence-corrected chi connectivity index (χ2v) is 8.87. The van der Waals surface area contributed by atoms with Gasteiger partial charge in [0.05, 0.1) is 0 Å². The SMILES string of the molecule is CC(C)(CNc1cc(C(F)(F)F)nc(-c2ccccn2)n1)N1CCS(=O)CC1. The zero-order valence-corrected chi connectivity index (χ0v) is 16.5. The van der Waals surface area contributed by atoms with E-state index in [1.807, 2.05) is 13.8 Å². The summed E-state index contributed by atoms with van der Waals surface area (Å²) in [6, 6.07) is 5.82. The summed E-state index contributed by atoms with van der Waals surface area (Å²) in [6.07, 6.45) is -3.11. The first-order chi connectivity index (χ1) is 13.1. The van der Waals surface area contributed by atoms with Crippen LogP contribution in [0.1, 0.15) is 19.5 Å². The molecule has 0 unspecified atom stereocenters. The van der Waals surface area contributed by atoms with Crippen LogP contribution in [-0.2, 0) is 17.0 Å². The van der Waals surface area contributed by atoms with Gasteiger partial charge in [-0.3, -0.25) is 14.1 Å². The van der Waals surface area contributed by atoms with Crippen LogP contribution in [0.4, 0.5) is 19.0 Å². The average Bonchev–Trinajstić information content (AvgIpc) is 2.67. The Hall–Kier alpha value is -2.07. The molecule has 10 heteroatoms. The van der Waals surface area contributed by atoms with Crippen molar-refractivity contribution in [1.82, 2.24) is 19.9 Å². The van der Waals surface area contributed by atoms with Crippen molar-refractivity contribution in [2.75, 3.05) is 36.5 Å². The predicted octanol–water partition coefficient (Wildman–Crippen LogP) is 2.81. The van der Waals surface area contributed by atoms with Crippen molar-refractivity contribution < 1.29 is 17.4 Å². The number of nitrogens with zero attached hydrogens (tertiary/aromatic N) is 4. The summed E-state index contributed by atoms with van der Waals surface area (Å²) in [4.78, 5) is 14.1. The fourth-order valence-electron chi connectivity index (χ4n) is 2.95. The molecule has 3 heterocycles. The summed E-state index contributed by atoms with van der Waals surface area (Å²) in [5, 5.41) is 3.02. The van der Waals surface area contributed by atoms with E-state index in [9.17, 15) is 17.4 Å². The molecule has 1 N–H and O–H groups in total. The van der Waals surface area contributed by atoms with E-state index in [-0.39, 0.29) is 22.9 Å². The Bertz CT molecular complexity index is 835. The molecule has 152 valence electrons. The highest BCUT2D eigenvalue weighted by atomic mass is 32.2.